The molecule has 0 radical (unpaired) electrons. The quantitative estimate of drug-likeness (QED) is 0.651. The molecule has 180 valence electrons. The fourth-order valence-electron chi connectivity index (χ4n) is 4.35. The van der Waals surface area contributed by atoms with Crippen LogP contribution in [0.2, 0.25) is 0 Å². The summed E-state index contributed by atoms with van der Waals surface area (Å²) in [6.45, 7) is 6.19. The molecule has 8 heteroatoms. The van der Waals surface area contributed by atoms with E-state index in [1.807, 2.05) is 45.0 Å². The maximum atomic E-state index is 12.5. The SMILES string of the molecule is COC(=O)[C@H]1CN(C(=O)OC(C)(C)C)CC[C@H]1CCC(O)c1ccnc2ccc(OC)cc12. The molecule has 1 N–H and O–H groups in total. The predicted molar refractivity (Wildman–Crippen MR) is 124 cm³/mol. The molecule has 1 unspecified atom stereocenters. The first-order chi connectivity index (χ1) is 15.6. The van der Waals surface area contributed by atoms with Crippen molar-refractivity contribution < 1.29 is 28.9 Å². The Balaban J connectivity index is 1.70. The second-order valence-corrected chi connectivity index (χ2v) is 9.48. The topological polar surface area (TPSA) is 98.2 Å². The van der Waals surface area contributed by atoms with Gasteiger partial charge in [-0.3, -0.25) is 9.78 Å². The standard InChI is InChI=1S/C25H34N2O6/c1-25(2,3)33-24(30)27-13-11-16(20(15-27)23(29)32-5)6-9-22(28)18-10-12-26-21-8-7-17(31-4)14-19(18)21/h7-8,10,12,14,16,20,22,28H,6,9,11,13,15H2,1-5H3/t16-,20+,22?/m1/s1. The second kappa shape index (κ2) is 10.4. The van der Waals surface area contributed by atoms with E-state index in [1.54, 1.807) is 18.2 Å². The average molecular weight is 459 g/mol. The van der Waals surface area contributed by atoms with Gasteiger partial charge < -0.3 is 24.2 Å². The summed E-state index contributed by atoms with van der Waals surface area (Å²) in [5, 5.41) is 11.8. The third-order valence-corrected chi connectivity index (χ3v) is 6.06. The van der Waals surface area contributed by atoms with E-state index in [2.05, 4.69) is 4.98 Å². The van der Waals surface area contributed by atoms with Gasteiger partial charge in [0, 0.05) is 24.7 Å². The van der Waals surface area contributed by atoms with Gasteiger partial charge in [-0.05, 0) is 75.8 Å². The van der Waals surface area contributed by atoms with Gasteiger partial charge in [-0.15, -0.1) is 0 Å². The van der Waals surface area contributed by atoms with Gasteiger partial charge in [-0.2, -0.15) is 0 Å². The molecule has 8 nitrogen and oxygen atoms in total. The highest BCUT2D eigenvalue weighted by Crippen LogP contribution is 2.34. The van der Waals surface area contributed by atoms with Crippen LogP contribution in [0.4, 0.5) is 4.79 Å². The molecule has 1 aromatic heterocycles. The molecule has 0 aliphatic carbocycles. The lowest BCUT2D eigenvalue weighted by Crippen LogP contribution is -2.48. The number of carbonyl (C=O) groups excluding carboxylic acids is 2. The fraction of sp³-hybridized carbons (Fsp3) is 0.560. The summed E-state index contributed by atoms with van der Waals surface area (Å²) in [5.41, 5.74) is 0.958. The number of fused-ring (bicyclic) bond motifs is 1. The minimum Gasteiger partial charge on any atom is -0.497 e. The van der Waals surface area contributed by atoms with Crippen molar-refractivity contribution in [3.8, 4) is 5.75 Å². The highest BCUT2D eigenvalue weighted by Gasteiger charge is 2.38. The molecule has 2 aromatic rings. The summed E-state index contributed by atoms with van der Waals surface area (Å²) in [6.07, 6.45) is 2.27. The van der Waals surface area contributed by atoms with E-state index < -0.39 is 23.7 Å². The maximum absolute atomic E-state index is 12.5. The number of aromatic nitrogens is 1. The number of rotatable bonds is 6. The molecule has 1 aliphatic heterocycles. The van der Waals surface area contributed by atoms with Crippen LogP contribution in [0.25, 0.3) is 10.9 Å². The minimum absolute atomic E-state index is 0.00609. The van der Waals surface area contributed by atoms with Crippen LogP contribution in [0.5, 0.6) is 5.75 Å². The Morgan fingerprint density at radius 2 is 2.00 bits per heavy atom. The van der Waals surface area contributed by atoms with Gasteiger partial charge in [0.05, 0.1) is 31.8 Å². The van der Waals surface area contributed by atoms with Crippen molar-refractivity contribution in [2.24, 2.45) is 11.8 Å². The average Bonchev–Trinajstić information content (AvgIpc) is 2.79. The highest BCUT2D eigenvalue weighted by atomic mass is 16.6. The molecule has 33 heavy (non-hydrogen) atoms. The van der Waals surface area contributed by atoms with Crippen molar-refractivity contribution in [1.82, 2.24) is 9.88 Å². The molecular weight excluding hydrogens is 424 g/mol. The minimum atomic E-state index is -0.718. The van der Waals surface area contributed by atoms with Gasteiger partial charge in [0.15, 0.2) is 0 Å². The number of aliphatic hydroxyl groups excluding tert-OH is 1. The zero-order chi connectivity index (χ0) is 24.2. The number of ether oxygens (including phenoxy) is 3. The molecule has 2 heterocycles. The van der Waals surface area contributed by atoms with Crippen LogP contribution in [-0.4, -0.2) is 60.0 Å². The Kier molecular flexibility index (Phi) is 7.79. The Bertz CT molecular complexity index is 987. The van der Waals surface area contributed by atoms with Crippen LogP contribution >= 0.6 is 0 Å². The molecule has 1 fully saturated rings. The molecular formula is C25H34N2O6. The molecule has 0 bridgehead atoms. The smallest absolute Gasteiger partial charge is 0.410 e. The number of esters is 1. The number of nitrogens with zero attached hydrogens (tertiary/aromatic N) is 2. The Morgan fingerprint density at radius 1 is 1.24 bits per heavy atom. The first-order valence-electron chi connectivity index (χ1n) is 11.3. The van der Waals surface area contributed by atoms with Crippen molar-refractivity contribution >= 4 is 23.0 Å². The number of benzene rings is 1. The number of aliphatic hydroxyl groups is 1. The summed E-state index contributed by atoms with van der Waals surface area (Å²) in [4.78, 5) is 30.9. The van der Waals surface area contributed by atoms with Crippen LogP contribution < -0.4 is 4.74 Å². The Morgan fingerprint density at radius 3 is 2.67 bits per heavy atom. The highest BCUT2D eigenvalue weighted by molar-refractivity contribution is 5.83. The molecule has 1 amide bonds. The lowest BCUT2D eigenvalue weighted by Gasteiger charge is -2.38. The van der Waals surface area contributed by atoms with Crippen LogP contribution in [-0.2, 0) is 14.3 Å². The van der Waals surface area contributed by atoms with Crippen molar-refractivity contribution in [2.75, 3.05) is 27.3 Å². The summed E-state index contributed by atoms with van der Waals surface area (Å²) in [7, 11) is 2.96. The van der Waals surface area contributed by atoms with E-state index in [0.29, 0.717) is 31.6 Å². The normalized spacial score (nSPS) is 19.8. The lowest BCUT2D eigenvalue weighted by molar-refractivity contribution is -0.149. The van der Waals surface area contributed by atoms with E-state index in [-0.39, 0.29) is 18.4 Å². The third kappa shape index (κ3) is 6.13. The monoisotopic (exact) mass is 458 g/mol. The molecule has 0 spiro atoms. The third-order valence-electron chi connectivity index (χ3n) is 6.06. The number of carbonyl (C=O) groups is 2. The summed E-state index contributed by atoms with van der Waals surface area (Å²) in [6, 6.07) is 7.39. The number of methoxy groups -OCH3 is 2. The zero-order valence-corrected chi connectivity index (χ0v) is 20.0. The zero-order valence-electron chi connectivity index (χ0n) is 20.0. The van der Waals surface area contributed by atoms with Crippen molar-refractivity contribution in [1.29, 1.82) is 0 Å². The molecule has 3 atom stereocenters. The summed E-state index contributed by atoms with van der Waals surface area (Å²) >= 11 is 0. The Hall–Kier alpha value is -2.87. The molecule has 0 saturated carbocycles. The predicted octanol–water partition coefficient (Wildman–Crippen LogP) is 4.10. The first kappa shape index (κ1) is 24.8. The number of hydrogen-bond donors (Lipinski definition) is 1. The van der Waals surface area contributed by atoms with Crippen molar-refractivity contribution in [2.45, 2.75) is 51.7 Å². The number of likely N-dealkylation sites (tertiary alicyclic amines) is 1. The van der Waals surface area contributed by atoms with E-state index in [0.717, 1.165) is 16.5 Å². The molecule has 1 saturated heterocycles. The van der Waals surface area contributed by atoms with Crippen molar-refractivity contribution in [3.63, 3.8) is 0 Å². The van der Waals surface area contributed by atoms with Gasteiger partial charge in [-0.1, -0.05) is 0 Å². The van der Waals surface area contributed by atoms with Crippen LogP contribution in [0.15, 0.2) is 30.5 Å². The van der Waals surface area contributed by atoms with Crippen molar-refractivity contribution in [3.05, 3.63) is 36.0 Å². The molecule has 3 rings (SSSR count). The van der Waals surface area contributed by atoms with Gasteiger partial charge in [0.1, 0.15) is 11.4 Å². The fourth-order valence-corrected chi connectivity index (χ4v) is 4.35. The van der Waals surface area contributed by atoms with Gasteiger partial charge >= 0.3 is 12.1 Å². The van der Waals surface area contributed by atoms with E-state index in [1.165, 1.54) is 7.11 Å². The Labute approximate surface area is 194 Å². The number of hydrogen-bond acceptors (Lipinski definition) is 7. The van der Waals surface area contributed by atoms with Gasteiger partial charge in [-0.25, -0.2) is 4.79 Å². The number of pyridine rings is 1. The second-order valence-electron chi connectivity index (χ2n) is 9.48. The van der Waals surface area contributed by atoms with E-state index >= 15 is 0 Å². The molecule has 1 aliphatic rings. The van der Waals surface area contributed by atoms with E-state index in [4.69, 9.17) is 14.2 Å². The van der Waals surface area contributed by atoms with Crippen LogP contribution in [0.3, 0.4) is 0 Å². The largest absolute Gasteiger partial charge is 0.497 e. The maximum Gasteiger partial charge on any atom is 0.410 e. The van der Waals surface area contributed by atoms with Gasteiger partial charge in [0.25, 0.3) is 0 Å². The van der Waals surface area contributed by atoms with Crippen LogP contribution in [0, 0.1) is 11.8 Å². The van der Waals surface area contributed by atoms with E-state index in [9.17, 15) is 14.7 Å². The van der Waals surface area contributed by atoms with Crippen LogP contribution in [0.1, 0.15) is 51.7 Å². The number of amides is 1. The number of piperidine rings is 1. The van der Waals surface area contributed by atoms with Gasteiger partial charge in [0.2, 0.25) is 0 Å². The first-order valence-corrected chi connectivity index (χ1v) is 11.3. The molecule has 1 aromatic carbocycles. The summed E-state index contributed by atoms with van der Waals surface area (Å²) in [5.74, 6) is -0.114. The summed E-state index contributed by atoms with van der Waals surface area (Å²) < 4.78 is 15.8. The lowest BCUT2D eigenvalue weighted by atomic mass is 9.81.